The minimum Gasteiger partial charge on any atom is -0.496 e. The molecule has 1 atom stereocenters. The maximum atomic E-state index is 13.2. The van der Waals surface area contributed by atoms with E-state index in [-0.39, 0.29) is 17.9 Å². The third-order valence-corrected chi connectivity index (χ3v) is 6.62. The number of hydrogen-bond donors (Lipinski definition) is 1. The van der Waals surface area contributed by atoms with Crippen LogP contribution in [0.4, 0.5) is 0 Å². The third kappa shape index (κ3) is 5.10. The van der Waals surface area contributed by atoms with Crippen molar-refractivity contribution in [2.75, 3.05) is 33.3 Å². The van der Waals surface area contributed by atoms with Crippen LogP contribution in [0.1, 0.15) is 41.7 Å². The predicted octanol–water partition coefficient (Wildman–Crippen LogP) is 2.72. The van der Waals surface area contributed by atoms with Gasteiger partial charge < -0.3 is 15.0 Å². The maximum absolute atomic E-state index is 13.2. The van der Waals surface area contributed by atoms with Crippen molar-refractivity contribution in [2.45, 2.75) is 38.3 Å². The first-order valence-electron chi connectivity index (χ1n) is 11.5. The summed E-state index contributed by atoms with van der Waals surface area (Å²) >= 11 is 0. The number of piperazine rings is 1. The molecular formula is C25H32N4O3. The van der Waals surface area contributed by atoms with E-state index < -0.39 is 0 Å². The van der Waals surface area contributed by atoms with Crippen LogP contribution in [0.3, 0.4) is 0 Å². The van der Waals surface area contributed by atoms with Crippen molar-refractivity contribution in [1.29, 1.82) is 0 Å². The number of carbonyl (C=O) groups excluding carboxylic acids is 2. The van der Waals surface area contributed by atoms with Crippen molar-refractivity contribution in [3.63, 3.8) is 0 Å². The highest BCUT2D eigenvalue weighted by Crippen LogP contribution is 2.31. The molecular weight excluding hydrogens is 404 g/mol. The van der Waals surface area contributed by atoms with Crippen molar-refractivity contribution >= 4 is 11.8 Å². The first-order chi connectivity index (χ1) is 15.7. The average Bonchev–Trinajstić information content (AvgIpc) is 3.38. The summed E-state index contributed by atoms with van der Waals surface area (Å²) in [5, 5.41) is 3.11. The second-order valence-corrected chi connectivity index (χ2v) is 8.56. The van der Waals surface area contributed by atoms with Gasteiger partial charge in [-0.3, -0.25) is 19.5 Å². The number of carbonyl (C=O) groups is 2. The molecule has 1 aromatic heterocycles. The van der Waals surface area contributed by atoms with Gasteiger partial charge in [0.2, 0.25) is 5.91 Å². The Balaban J connectivity index is 1.40. The maximum Gasteiger partial charge on any atom is 0.257 e. The van der Waals surface area contributed by atoms with Crippen LogP contribution in [0.25, 0.3) is 0 Å². The van der Waals surface area contributed by atoms with E-state index in [1.807, 2.05) is 41.3 Å². The lowest BCUT2D eigenvalue weighted by atomic mass is 9.95. The molecule has 2 fully saturated rings. The van der Waals surface area contributed by atoms with Crippen molar-refractivity contribution in [2.24, 2.45) is 5.92 Å². The normalized spacial score (nSPS) is 18.3. The molecule has 2 amide bonds. The highest BCUT2D eigenvalue weighted by molar-refractivity contribution is 5.97. The Labute approximate surface area is 189 Å². The van der Waals surface area contributed by atoms with Gasteiger partial charge in [-0.25, -0.2) is 0 Å². The van der Waals surface area contributed by atoms with Gasteiger partial charge in [0.1, 0.15) is 5.75 Å². The van der Waals surface area contributed by atoms with Crippen LogP contribution in [0.2, 0.25) is 0 Å². The quantitative estimate of drug-likeness (QED) is 0.722. The zero-order valence-electron chi connectivity index (χ0n) is 18.7. The SMILES string of the molecule is COc1ccccc1C(=O)N1CCN(C(C(=O)NCc2ccccn2)C2CCCC2)CC1. The number of nitrogens with zero attached hydrogens (tertiary/aromatic N) is 3. The Hall–Kier alpha value is -2.93. The molecule has 1 N–H and O–H groups in total. The number of ether oxygens (including phenoxy) is 1. The van der Waals surface area contributed by atoms with Crippen molar-refractivity contribution in [1.82, 2.24) is 20.1 Å². The summed E-state index contributed by atoms with van der Waals surface area (Å²) in [4.78, 5) is 34.7. The lowest BCUT2D eigenvalue weighted by Gasteiger charge is -2.40. The molecule has 1 aromatic carbocycles. The second kappa shape index (κ2) is 10.6. The van der Waals surface area contributed by atoms with Gasteiger partial charge in [-0.2, -0.15) is 0 Å². The van der Waals surface area contributed by atoms with Gasteiger partial charge in [0.05, 0.1) is 31.0 Å². The molecule has 2 aromatic rings. The monoisotopic (exact) mass is 436 g/mol. The molecule has 2 aliphatic rings. The highest BCUT2D eigenvalue weighted by Gasteiger charge is 2.37. The molecule has 0 radical (unpaired) electrons. The van der Waals surface area contributed by atoms with Crippen LogP contribution in [0.15, 0.2) is 48.7 Å². The van der Waals surface area contributed by atoms with E-state index in [0.717, 1.165) is 18.5 Å². The molecule has 1 saturated heterocycles. The van der Waals surface area contributed by atoms with Gasteiger partial charge in [0.15, 0.2) is 0 Å². The Kier molecular flexibility index (Phi) is 7.37. The van der Waals surface area contributed by atoms with Gasteiger partial charge in [-0.15, -0.1) is 0 Å². The van der Waals surface area contributed by atoms with Gasteiger partial charge in [0.25, 0.3) is 5.91 Å². The summed E-state index contributed by atoms with van der Waals surface area (Å²) in [6.07, 6.45) is 6.28. The predicted molar refractivity (Wildman–Crippen MR) is 122 cm³/mol. The molecule has 7 heteroatoms. The van der Waals surface area contributed by atoms with E-state index in [4.69, 9.17) is 4.74 Å². The van der Waals surface area contributed by atoms with Crippen molar-refractivity contribution < 1.29 is 14.3 Å². The van der Waals surface area contributed by atoms with E-state index in [0.29, 0.717) is 50.0 Å². The molecule has 1 aliphatic heterocycles. The fourth-order valence-electron chi connectivity index (χ4n) is 4.93. The first-order valence-corrected chi connectivity index (χ1v) is 11.5. The van der Waals surface area contributed by atoms with Crippen LogP contribution < -0.4 is 10.1 Å². The first kappa shape index (κ1) is 22.3. The number of benzene rings is 1. The van der Waals surface area contributed by atoms with Crippen molar-refractivity contribution in [3.8, 4) is 5.75 Å². The average molecular weight is 437 g/mol. The lowest BCUT2D eigenvalue weighted by Crippen LogP contribution is -2.57. The zero-order valence-corrected chi connectivity index (χ0v) is 18.7. The Morgan fingerprint density at radius 1 is 1.06 bits per heavy atom. The highest BCUT2D eigenvalue weighted by atomic mass is 16.5. The number of aromatic nitrogens is 1. The standard InChI is InChI=1S/C25H32N4O3/c1-32-22-12-5-4-11-21(22)25(31)29-16-14-28(15-17-29)23(19-8-2-3-9-19)24(30)27-18-20-10-6-7-13-26-20/h4-7,10-13,19,23H,2-3,8-9,14-18H2,1H3,(H,27,30). The topological polar surface area (TPSA) is 74.8 Å². The zero-order chi connectivity index (χ0) is 22.3. The molecule has 170 valence electrons. The molecule has 1 unspecified atom stereocenters. The molecule has 1 saturated carbocycles. The number of rotatable bonds is 7. The minimum atomic E-state index is -0.148. The summed E-state index contributed by atoms with van der Waals surface area (Å²) in [7, 11) is 1.58. The molecule has 2 heterocycles. The van der Waals surface area contributed by atoms with Gasteiger partial charge in [-0.05, 0) is 43.0 Å². The second-order valence-electron chi connectivity index (χ2n) is 8.56. The number of nitrogens with one attached hydrogen (secondary N) is 1. The van der Waals surface area contributed by atoms with Gasteiger partial charge in [-0.1, -0.05) is 31.0 Å². The number of amides is 2. The Morgan fingerprint density at radius 2 is 1.78 bits per heavy atom. The van der Waals surface area contributed by atoms with Crippen LogP contribution in [-0.4, -0.2) is 65.9 Å². The van der Waals surface area contributed by atoms with Crippen LogP contribution in [0, 0.1) is 5.92 Å². The Bertz CT molecular complexity index is 906. The molecule has 32 heavy (non-hydrogen) atoms. The van der Waals surface area contributed by atoms with E-state index in [2.05, 4.69) is 15.2 Å². The van der Waals surface area contributed by atoms with E-state index in [9.17, 15) is 9.59 Å². The fourth-order valence-corrected chi connectivity index (χ4v) is 4.93. The van der Waals surface area contributed by atoms with Crippen molar-refractivity contribution in [3.05, 3.63) is 59.9 Å². The van der Waals surface area contributed by atoms with E-state index in [1.165, 1.54) is 12.8 Å². The van der Waals surface area contributed by atoms with Gasteiger partial charge >= 0.3 is 0 Å². The molecule has 1 aliphatic carbocycles. The van der Waals surface area contributed by atoms with Gasteiger partial charge in [0, 0.05) is 32.4 Å². The van der Waals surface area contributed by atoms with E-state index in [1.54, 1.807) is 19.4 Å². The number of methoxy groups -OCH3 is 1. The summed E-state index contributed by atoms with van der Waals surface area (Å²) in [5.41, 5.74) is 1.45. The minimum absolute atomic E-state index is 0.0147. The smallest absolute Gasteiger partial charge is 0.257 e. The largest absolute Gasteiger partial charge is 0.496 e. The number of para-hydroxylation sites is 1. The van der Waals surface area contributed by atoms with Crippen LogP contribution >= 0.6 is 0 Å². The number of hydrogen-bond acceptors (Lipinski definition) is 5. The molecule has 0 spiro atoms. The Morgan fingerprint density at radius 3 is 2.47 bits per heavy atom. The summed E-state index contributed by atoms with van der Waals surface area (Å²) in [6.45, 7) is 3.04. The van der Waals surface area contributed by atoms with Crippen LogP contribution in [0.5, 0.6) is 5.75 Å². The van der Waals surface area contributed by atoms with Crippen LogP contribution in [-0.2, 0) is 11.3 Å². The third-order valence-electron chi connectivity index (χ3n) is 6.62. The summed E-state index contributed by atoms with van der Waals surface area (Å²) in [5.74, 6) is 1.03. The fraction of sp³-hybridized carbons (Fsp3) is 0.480. The molecule has 0 bridgehead atoms. The number of pyridine rings is 1. The molecule has 7 nitrogen and oxygen atoms in total. The lowest BCUT2D eigenvalue weighted by molar-refractivity contribution is -0.129. The molecule has 4 rings (SSSR count). The summed E-state index contributed by atoms with van der Waals surface area (Å²) < 4.78 is 5.36. The van der Waals surface area contributed by atoms with E-state index >= 15 is 0 Å². The summed E-state index contributed by atoms with van der Waals surface area (Å²) in [6, 6.07) is 12.9.